The van der Waals surface area contributed by atoms with Gasteiger partial charge in [0.15, 0.2) is 0 Å². The molecular formula is C28H22F5N3O5. The van der Waals surface area contributed by atoms with Crippen molar-refractivity contribution in [1.29, 1.82) is 0 Å². The lowest BCUT2D eigenvalue weighted by Crippen LogP contribution is -2.19. The van der Waals surface area contributed by atoms with E-state index in [9.17, 15) is 31.5 Å². The van der Waals surface area contributed by atoms with Crippen LogP contribution in [-0.4, -0.2) is 39.7 Å². The molecule has 0 radical (unpaired) electrons. The van der Waals surface area contributed by atoms with Crippen molar-refractivity contribution in [2.45, 2.75) is 25.7 Å². The number of benzene rings is 3. The van der Waals surface area contributed by atoms with Crippen LogP contribution in [0.25, 0.3) is 11.3 Å². The predicted molar refractivity (Wildman–Crippen MR) is 137 cm³/mol. The smallest absolute Gasteiger partial charge is 0.494 e. The van der Waals surface area contributed by atoms with Crippen molar-refractivity contribution in [2.24, 2.45) is 0 Å². The number of nitrogens with one attached hydrogen (secondary N) is 1. The molecule has 4 aromatic rings. The second kappa shape index (κ2) is 12.5. The lowest BCUT2D eigenvalue weighted by molar-refractivity contribution is -0.274. The molecule has 0 unspecified atom stereocenters. The number of aliphatic carboxylic acids is 1. The van der Waals surface area contributed by atoms with E-state index < -0.39 is 35.6 Å². The fourth-order valence-corrected chi connectivity index (χ4v) is 3.78. The third-order valence-electron chi connectivity index (χ3n) is 5.58. The molecule has 41 heavy (non-hydrogen) atoms. The summed E-state index contributed by atoms with van der Waals surface area (Å²) in [7, 11) is 0. The summed E-state index contributed by atoms with van der Waals surface area (Å²) in [6.45, 7) is 0.282. The van der Waals surface area contributed by atoms with Crippen LogP contribution in [0.3, 0.4) is 0 Å². The van der Waals surface area contributed by atoms with E-state index in [4.69, 9.17) is 9.84 Å². The summed E-state index contributed by atoms with van der Waals surface area (Å²) in [4.78, 5) is 23.8. The number of nitrogens with zero attached hydrogens (tertiary/aromatic N) is 2. The monoisotopic (exact) mass is 575 g/mol. The number of ether oxygens (including phenoxy) is 2. The van der Waals surface area contributed by atoms with Gasteiger partial charge in [-0.05, 0) is 66.6 Å². The summed E-state index contributed by atoms with van der Waals surface area (Å²) in [6.07, 6.45) is -4.55. The summed E-state index contributed by atoms with van der Waals surface area (Å²) in [6, 6.07) is 15.4. The first-order valence-electron chi connectivity index (χ1n) is 12.1. The maximum Gasteiger partial charge on any atom is 0.573 e. The molecule has 0 fully saturated rings. The molecule has 1 aromatic heterocycles. The highest BCUT2D eigenvalue weighted by Gasteiger charge is 2.31. The fourth-order valence-electron chi connectivity index (χ4n) is 3.78. The largest absolute Gasteiger partial charge is 0.573 e. The van der Waals surface area contributed by atoms with Crippen molar-refractivity contribution in [3.05, 3.63) is 95.7 Å². The number of hydrogen-bond donors (Lipinski definition) is 2. The van der Waals surface area contributed by atoms with Crippen molar-refractivity contribution in [1.82, 2.24) is 9.78 Å². The zero-order chi connectivity index (χ0) is 29.6. The van der Waals surface area contributed by atoms with Gasteiger partial charge in [-0.1, -0.05) is 12.1 Å². The van der Waals surface area contributed by atoms with Crippen LogP contribution in [0.5, 0.6) is 11.5 Å². The second-order valence-electron chi connectivity index (χ2n) is 8.75. The number of amides is 1. The van der Waals surface area contributed by atoms with Crippen LogP contribution < -0.4 is 14.8 Å². The van der Waals surface area contributed by atoms with Crippen LogP contribution in [0.15, 0.2) is 72.8 Å². The van der Waals surface area contributed by atoms with Crippen LogP contribution in [0, 0.1) is 11.6 Å². The number of carbonyl (C=O) groups excluding carboxylic acids is 1. The van der Waals surface area contributed by atoms with Gasteiger partial charge in [0.1, 0.15) is 28.8 Å². The molecule has 214 valence electrons. The van der Waals surface area contributed by atoms with Crippen molar-refractivity contribution in [3.63, 3.8) is 0 Å². The molecule has 0 aliphatic heterocycles. The maximum absolute atomic E-state index is 13.9. The highest BCUT2D eigenvalue weighted by Crippen LogP contribution is 2.26. The molecule has 0 saturated heterocycles. The van der Waals surface area contributed by atoms with Crippen LogP contribution in [0.2, 0.25) is 0 Å². The molecule has 8 nitrogen and oxygen atoms in total. The molecule has 13 heteroatoms. The number of carbonyl (C=O) groups is 2. The molecule has 1 heterocycles. The topological polar surface area (TPSA) is 103 Å². The summed E-state index contributed by atoms with van der Waals surface area (Å²) in [5.74, 6) is -3.22. The van der Waals surface area contributed by atoms with Crippen molar-refractivity contribution in [2.75, 3.05) is 11.9 Å². The average molecular weight is 575 g/mol. The number of rotatable bonds is 11. The Hall–Kier alpha value is -4.94. The van der Waals surface area contributed by atoms with Crippen LogP contribution >= 0.6 is 0 Å². The van der Waals surface area contributed by atoms with Gasteiger partial charge in [0.2, 0.25) is 0 Å². The number of hydrogen-bond acceptors (Lipinski definition) is 5. The van der Waals surface area contributed by atoms with Gasteiger partial charge in [-0.3, -0.25) is 14.3 Å². The molecule has 1 amide bonds. The standard InChI is InChI=1S/C28H22F5N3O5/c29-19-12-18(13-20(30)14-19)24-15-25(27(39)34-21-5-9-23(10-6-21)41-28(31,32)33)36(35-24)16-17-3-7-22(8-4-17)40-11-1-2-26(37)38/h3-10,12-15H,1-2,11,16H2,(H,34,39)(H,37,38). The molecule has 0 atom stereocenters. The number of alkyl halides is 3. The fraction of sp³-hybridized carbons (Fsp3) is 0.179. The minimum absolute atomic E-state index is 0.00860. The van der Waals surface area contributed by atoms with Gasteiger partial charge in [0.05, 0.1) is 18.8 Å². The zero-order valence-corrected chi connectivity index (χ0v) is 21.1. The first-order valence-corrected chi connectivity index (χ1v) is 12.1. The minimum atomic E-state index is -4.87. The SMILES string of the molecule is O=C(O)CCCOc1ccc(Cn2nc(-c3cc(F)cc(F)c3)cc2C(=O)Nc2ccc(OC(F)(F)F)cc2)cc1. The lowest BCUT2D eigenvalue weighted by atomic mass is 10.1. The normalized spacial score (nSPS) is 11.2. The molecule has 0 saturated carbocycles. The van der Waals surface area contributed by atoms with Gasteiger partial charge in [0.25, 0.3) is 5.91 Å². The van der Waals surface area contributed by atoms with Gasteiger partial charge in [-0.25, -0.2) is 8.78 Å². The van der Waals surface area contributed by atoms with Crippen molar-refractivity contribution in [3.8, 4) is 22.8 Å². The first-order chi connectivity index (χ1) is 19.4. The van der Waals surface area contributed by atoms with E-state index in [2.05, 4.69) is 15.2 Å². The number of anilines is 1. The van der Waals surface area contributed by atoms with Gasteiger partial charge in [-0.15, -0.1) is 13.2 Å². The van der Waals surface area contributed by atoms with Gasteiger partial charge >= 0.3 is 12.3 Å². The predicted octanol–water partition coefficient (Wildman–Crippen LogP) is 6.27. The van der Waals surface area contributed by atoms with E-state index >= 15 is 0 Å². The average Bonchev–Trinajstić information content (AvgIpc) is 3.31. The minimum Gasteiger partial charge on any atom is -0.494 e. The molecule has 0 aliphatic carbocycles. The van der Waals surface area contributed by atoms with Crippen LogP contribution in [-0.2, 0) is 11.3 Å². The number of carboxylic acid groups (broad SMARTS) is 1. The Morgan fingerprint density at radius 2 is 1.54 bits per heavy atom. The molecule has 2 N–H and O–H groups in total. The molecule has 4 rings (SSSR count). The van der Waals surface area contributed by atoms with Crippen molar-refractivity contribution < 1.29 is 46.1 Å². The third-order valence-corrected chi connectivity index (χ3v) is 5.58. The third kappa shape index (κ3) is 8.52. The van der Waals surface area contributed by atoms with E-state index in [0.717, 1.165) is 24.3 Å². The Kier molecular flexibility index (Phi) is 8.85. The quantitative estimate of drug-likeness (QED) is 0.161. The summed E-state index contributed by atoms with van der Waals surface area (Å²) in [5, 5.41) is 15.6. The Morgan fingerprint density at radius 1 is 0.902 bits per heavy atom. The summed E-state index contributed by atoms with van der Waals surface area (Å²) < 4.78 is 75.7. The van der Waals surface area contributed by atoms with E-state index in [-0.39, 0.29) is 42.2 Å². The highest BCUT2D eigenvalue weighted by molar-refractivity contribution is 6.03. The highest BCUT2D eigenvalue weighted by atomic mass is 19.4. The van der Waals surface area contributed by atoms with E-state index in [0.29, 0.717) is 23.8 Å². The van der Waals surface area contributed by atoms with E-state index in [1.807, 2.05) is 0 Å². The Morgan fingerprint density at radius 3 is 2.15 bits per heavy atom. The first kappa shape index (κ1) is 29.1. The summed E-state index contributed by atoms with van der Waals surface area (Å²) in [5.41, 5.74) is 1.06. The molecule has 0 bridgehead atoms. The van der Waals surface area contributed by atoms with Gasteiger partial charge in [0, 0.05) is 23.7 Å². The number of halogens is 5. The lowest BCUT2D eigenvalue weighted by Gasteiger charge is -2.11. The molecule has 0 aliphatic rings. The van der Waals surface area contributed by atoms with Crippen LogP contribution in [0.1, 0.15) is 28.9 Å². The second-order valence-corrected chi connectivity index (χ2v) is 8.75. The van der Waals surface area contributed by atoms with E-state index in [1.165, 1.54) is 22.9 Å². The van der Waals surface area contributed by atoms with E-state index in [1.54, 1.807) is 24.3 Å². The van der Waals surface area contributed by atoms with Gasteiger partial charge in [-0.2, -0.15) is 5.10 Å². The molecular weight excluding hydrogens is 553 g/mol. The van der Waals surface area contributed by atoms with Crippen molar-refractivity contribution >= 4 is 17.6 Å². The van der Waals surface area contributed by atoms with Crippen LogP contribution in [0.4, 0.5) is 27.6 Å². The molecule has 0 spiro atoms. The number of aromatic nitrogens is 2. The Balaban J connectivity index is 1.55. The summed E-state index contributed by atoms with van der Waals surface area (Å²) >= 11 is 0. The maximum atomic E-state index is 13.9. The van der Waals surface area contributed by atoms with Gasteiger partial charge < -0.3 is 19.9 Å². The number of carboxylic acids is 1. The molecule has 3 aromatic carbocycles. The zero-order valence-electron chi connectivity index (χ0n) is 21.1. The Bertz CT molecular complexity index is 1500. The Labute approximate surface area is 229 Å².